The molecule has 11 aromatic rings. The average Bonchev–Trinajstić information content (AvgIpc) is 1.61. The van der Waals surface area contributed by atoms with Crippen molar-refractivity contribution in [3.05, 3.63) is 204 Å². The summed E-state index contributed by atoms with van der Waals surface area (Å²) >= 11 is 0. The minimum absolute atomic E-state index is 0. The SMILES string of the molecule is COc1[c-]ccc(C(C)(C)C)c1.COc1[c-]ccc(C(C)(C)C)c1.COc1cc(C(C)(C)C)ccc1S(=O)(=O)[O-].COc1cc(C(C)(C)C)ccc1S(=O)(=O)[O-].O=S(=O)=O.O=S(=O)=O.[Cu+2].[K+].[K+].[K+].[K+].c1ccc2c(c1)-c1nc-2nc2[n-]c(nc3nc(nc4[n-]c(n1)c1ccccc41)-c1ccccc1-3)c1ccccc21. The third-order valence-corrected chi connectivity index (χ3v) is 17.4. The predicted molar refractivity (Wildman–Crippen MR) is 394 cm³/mol. The second-order valence-electron chi connectivity index (χ2n) is 27.0. The fourth-order valence-electron chi connectivity index (χ4n) is 10.2. The van der Waals surface area contributed by atoms with E-state index in [0.29, 0.717) is 45.9 Å². The molecule has 0 N–H and O–H groups in total. The molecule has 0 unspecified atom stereocenters. The van der Waals surface area contributed by atoms with Gasteiger partial charge >= 0.3 is 244 Å². The molecule has 0 saturated carbocycles. The summed E-state index contributed by atoms with van der Waals surface area (Å²) in [5, 5.41) is 3.57. The Morgan fingerprint density at radius 1 is 0.349 bits per heavy atom. The van der Waals surface area contributed by atoms with Gasteiger partial charge in [0.2, 0.25) is 0 Å². The third-order valence-electron chi connectivity index (χ3n) is 15.6. The van der Waals surface area contributed by atoms with E-state index in [1.807, 2.05) is 163 Å². The Bertz CT molecular complexity index is 5130. The molecular weight excluding hydrogens is 1630 g/mol. The zero-order valence-corrected chi connectivity index (χ0v) is 80.9. The van der Waals surface area contributed by atoms with Crippen molar-refractivity contribution in [1.29, 1.82) is 0 Å². The molecule has 3 aromatic heterocycles. The average molecular weight is 1710 g/mol. The van der Waals surface area contributed by atoms with Gasteiger partial charge in [0, 0.05) is 56.3 Å². The molecule has 0 aliphatic carbocycles. The molecule has 0 amide bonds. The van der Waals surface area contributed by atoms with Crippen molar-refractivity contribution in [2.75, 3.05) is 28.4 Å². The molecule has 33 heteroatoms. The molecule has 2 aliphatic rings. The van der Waals surface area contributed by atoms with Gasteiger partial charge in [0.05, 0.1) is 61.5 Å². The zero-order valence-electron chi connectivity index (χ0n) is 64.2. The Balaban J connectivity index is 0.000000493. The minimum Gasteiger partial charge on any atom is -0.744 e. The van der Waals surface area contributed by atoms with Gasteiger partial charge in [0.1, 0.15) is 31.7 Å². The van der Waals surface area contributed by atoms with E-state index >= 15 is 0 Å². The van der Waals surface area contributed by atoms with Crippen LogP contribution in [0.15, 0.2) is 180 Å². The Morgan fingerprint density at radius 3 is 0.789 bits per heavy atom. The van der Waals surface area contributed by atoms with Crippen LogP contribution in [0.5, 0.6) is 23.0 Å². The van der Waals surface area contributed by atoms with Gasteiger partial charge in [-0.25, -0.2) is 26.8 Å². The van der Waals surface area contributed by atoms with E-state index in [-0.39, 0.29) is 266 Å². The normalized spacial score (nSPS) is 11.0. The smallest absolute Gasteiger partial charge is 0.744 e. The van der Waals surface area contributed by atoms with Crippen molar-refractivity contribution in [3.8, 4) is 68.5 Å². The molecule has 2 aliphatic heterocycles. The molecule has 0 spiro atoms. The molecule has 24 nitrogen and oxygen atoms in total. The monoisotopic (exact) mass is 1700 g/mol. The summed E-state index contributed by atoms with van der Waals surface area (Å²) in [6.45, 7) is 25.1. The summed E-state index contributed by atoms with van der Waals surface area (Å²) in [6, 6.07) is 58.9. The third kappa shape index (κ3) is 29.0. The van der Waals surface area contributed by atoms with Crippen LogP contribution in [0.25, 0.3) is 89.7 Å². The molecule has 0 atom stereocenters. The van der Waals surface area contributed by atoms with Crippen LogP contribution in [0.3, 0.4) is 0 Å². The summed E-state index contributed by atoms with van der Waals surface area (Å²) in [5.74, 6) is 4.02. The molecule has 109 heavy (non-hydrogen) atoms. The van der Waals surface area contributed by atoms with Crippen LogP contribution in [0.1, 0.15) is 105 Å². The first-order valence-electron chi connectivity index (χ1n) is 31.7. The first-order chi connectivity index (χ1) is 48.7. The summed E-state index contributed by atoms with van der Waals surface area (Å²) in [7, 11) is -9.17. The van der Waals surface area contributed by atoms with Crippen LogP contribution in [-0.4, -0.2) is 110 Å². The van der Waals surface area contributed by atoms with Crippen LogP contribution < -0.4 is 234 Å². The van der Waals surface area contributed by atoms with E-state index in [0.717, 1.165) is 66.4 Å². The molecular formula is C76H76CuK4N8O16S4. The molecule has 0 fully saturated rings. The maximum Gasteiger partial charge on any atom is 2.00 e. The number of ether oxygens (including phenoxy) is 4. The van der Waals surface area contributed by atoms with E-state index < -0.39 is 41.5 Å². The van der Waals surface area contributed by atoms with Crippen LogP contribution in [0.2, 0.25) is 0 Å². The van der Waals surface area contributed by atoms with Gasteiger partial charge in [-0.15, -0.1) is 60.6 Å². The summed E-state index contributed by atoms with van der Waals surface area (Å²) in [6.07, 6.45) is 0. The van der Waals surface area contributed by atoms with Gasteiger partial charge in [-0.3, -0.25) is 0 Å². The number of hydrogen-bond acceptors (Lipinski definition) is 22. The van der Waals surface area contributed by atoms with Crippen LogP contribution >= 0.6 is 0 Å². The Hall–Kier alpha value is -3.56. The summed E-state index contributed by atoms with van der Waals surface area (Å²) in [4.78, 5) is 38.6. The number of methoxy groups -OCH3 is 4. The van der Waals surface area contributed by atoms with Crippen molar-refractivity contribution in [3.63, 3.8) is 0 Å². The molecule has 8 bridgehead atoms. The molecule has 0 saturated heterocycles. The first kappa shape index (κ1) is 102. The second kappa shape index (κ2) is 44.5. The van der Waals surface area contributed by atoms with Gasteiger partial charge < -0.3 is 58.0 Å². The first-order valence-corrected chi connectivity index (χ1v) is 36.5. The van der Waals surface area contributed by atoms with Gasteiger partial charge in [-0.1, -0.05) is 192 Å². The Labute approximate surface area is 820 Å². The predicted octanol–water partition coefficient (Wildman–Crippen LogP) is 1.51. The van der Waals surface area contributed by atoms with E-state index in [1.54, 1.807) is 38.5 Å². The van der Waals surface area contributed by atoms with Gasteiger partial charge in [-0.05, 0) is 78.6 Å². The van der Waals surface area contributed by atoms with Crippen LogP contribution in [-0.2, 0) is 80.2 Å². The van der Waals surface area contributed by atoms with Crippen LogP contribution in [0.4, 0.5) is 0 Å². The van der Waals surface area contributed by atoms with Gasteiger partial charge in [0.25, 0.3) is 0 Å². The molecule has 555 valence electrons. The van der Waals surface area contributed by atoms with Gasteiger partial charge in [0.15, 0.2) is 0 Å². The fraction of sp³-hybridized carbons (Fsp3) is 0.263. The summed E-state index contributed by atoms with van der Waals surface area (Å²) in [5.41, 5.74) is 10.3. The molecule has 8 aromatic carbocycles. The fourth-order valence-corrected chi connectivity index (χ4v) is 11.4. The van der Waals surface area contributed by atoms with Crippen molar-refractivity contribution in [2.45, 2.75) is 115 Å². The second-order valence-corrected chi connectivity index (χ2v) is 30.5. The number of aromatic nitrogens is 8. The summed E-state index contributed by atoms with van der Waals surface area (Å²) < 4.78 is 136. The van der Waals surface area contributed by atoms with E-state index in [2.05, 4.69) is 65.8 Å². The van der Waals surface area contributed by atoms with Crippen molar-refractivity contribution >= 4 is 85.6 Å². The van der Waals surface area contributed by atoms with E-state index in [4.69, 9.17) is 84.1 Å². The minimum atomic E-state index is -4.48. The zero-order chi connectivity index (χ0) is 76.9. The number of fused-ring (bicyclic) bond motifs is 20. The molecule has 13 rings (SSSR count). The maximum absolute atomic E-state index is 10.9. The molecule has 5 heterocycles. The van der Waals surface area contributed by atoms with Gasteiger partial charge in [-0.2, -0.15) is 24.3 Å². The molecule has 1 radical (unpaired) electrons. The van der Waals surface area contributed by atoms with E-state index in [9.17, 15) is 25.9 Å². The Morgan fingerprint density at radius 2 is 0.578 bits per heavy atom. The van der Waals surface area contributed by atoms with Crippen molar-refractivity contribution in [1.82, 2.24) is 39.9 Å². The number of benzene rings is 8. The van der Waals surface area contributed by atoms with Crippen molar-refractivity contribution in [2.24, 2.45) is 0 Å². The number of nitrogens with zero attached hydrogens (tertiary/aromatic N) is 8. The topological polar surface area (TPSA) is 359 Å². The van der Waals surface area contributed by atoms with Crippen LogP contribution in [0, 0.1) is 12.1 Å². The largest absolute Gasteiger partial charge is 2.00 e. The standard InChI is InChI=1S/C32H16N8.2C11H16O4S.2C11H15O.Cu.4K.2O3S/c1-2-10-18-17(9-1)25-33-26(18)38-28-21-13-5-6-14-22(21)30(35-28)40-32-24-16-8-7-15-23(24)31(36-32)39-29-20-12-4-3-11-19(20)27(34-29)37-25;2*1-11(2,3)8-5-6-10(16(12,13)14)9(7-8)15-4;2*1-11(2,3)9-6-5-7-10(8-9)12-4;;;;;;2*1-4(2)3/h1-16H;2*5-7H,1-4H3,(H,12,13,14);2*5-6,8H,1-4H3;;;;;;;/q-2;;;2*-1;+2;4*+1;;/p-2. The maximum atomic E-state index is 10.9. The Kier molecular flexibility index (Phi) is 41.5. The quantitative estimate of drug-likeness (QED) is 0.129. The van der Waals surface area contributed by atoms with E-state index in [1.165, 1.54) is 37.5 Å². The van der Waals surface area contributed by atoms with Crippen molar-refractivity contribution < 1.29 is 293 Å². The number of hydrogen-bond donors (Lipinski definition) is 0. The number of rotatable bonds is 6.